The fraction of sp³-hybridized carbons (Fsp3) is 0.737. The van der Waals surface area contributed by atoms with Gasteiger partial charge in [0.2, 0.25) is 5.95 Å². The lowest BCUT2D eigenvalue weighted by molar-refractivity contribution is 0.0269. The molecule has 1 fully saturated rings. The highest BCUT2D eigenvalue weighted by atomic mass is 32.2. The summed E-state index contributed by atoms with van der Waals surface area (Å²) in [5.41, 5.74) is 5.49. The second-order valence-corrected chi connectivity index (χ2v) is 18.4. The van der Waals surface area contributed by atoms with Crippen molar-refractivity contribution in [2.24, 2.45) is 5.92 Å². The van der Waals surface area contributed by atoms with E-state index in [0.29, 0.717) is 0 Å². The zero-order valence-corrected chi connectivity index (χ0v) is 23.4. The molecule has 0 saturated heterocycles. The van der Waals surface area contributed by atoms with E-state index >= 15 is 0 Å². The van der Waals surface area contributed by atoms with Crippen molar-refractivity contribution < 1.29 is 29.6 Å². The molecule has 16 heteroatoms. The summed E-state index contributed by atoms with van der Waals surface area (Å²) in [5, 5.41) is -0.231. The summed E-state index contributed by atoms with van der Waals surface area (Å²) in [6, 6.07) is -0.595. The van der Waals surface area contributed by atoms with Gasteiger partial charge >= 0.3 is 0 Å². The molecule has 2 aromatic heterocycles. The van der Waals surface area contributed by atoms with Crippen LogP contribution in [0, 0.1) is 5.92 Å². The molecule has 2 aromatic rings. The Morgan fingerprint density at radius 1 is 1.17 bits per heavy atom. The zero-order chi connectivity index (χ0) is 26.6. The van der Waals surface area contributed by atoms with Crippen LogP contribution in [0.15, 0.2) is 11.1 Å². The fourth-order valence-corrected chi connectivity index (χ4v) is 6.31. The van der Waals surface area contributed by atoms with Crippen LogP contribution in [0.25, 0.3) is 11.2 Å². The van der Waals surface area contributed by atoms with Crippen molar-refractivity contribution in [3.8, 4) is 0 Å². The number of anilines is 1. The lowest BCUT2D eigenvalue weighted by Crippen LogP contribution is -2.49. The van der Waals surface area contributed by atoms with Gasteiger partial charge in [-0.1, -0.05) is 20.8 Å². The number of hydrogen-bond acceptors (Lipinski definition) is 11. The van der Waals surface area contributed by atoms with Crippen molar-refractivity contribution in [1.82, 2.24) is 19.5 Å². The molecular weight excluding hydrogens is 518 g/mol. The smallest absolute Gasteiger partial charge is 0.280 e. The molecule has 0 aliphatic heterocycles. The Hall–Kier alpha value is -1.85. The van der Waals surface area contributed by atoms with Gasteiger partial charge in [0.25, 0.3) is 25.8 Å². The van der Waals surface area contributed by atoms with Crippen LogP contribution in [-0.4, -0.2) is 76.0 Å². The van der Waals surface area contributed by atoms with Crippen LogP contribution in [0.2, 0.25) is 18.1 Å². The molecule has 35 heavy (non-hydrogen) atoms. The van der Waals surface area contributed by atoms with Gasteiger partial charge in [-0.15, -0.1) is 0 Å². The third-order valence-corrected chi connectivity index (χ3v) is 12.1. The highest BCUT2D eigenvalue weighted by molar-refractivity contribution is 7.86. The van der Waals surface area contributed by atoms with Gasteiger partial charge in [0.05, 0.1) is 37.6 Å². The molecule has 0 spiro atoms. The second kappa shape index (κ2) is 9.22. The average Bonchev–Trinajstić information content (AvgIpc) is 3.19. The molecule has 198 valence electrons. The monoisotopic (exact) mass is 551 g/mol. The summed E-state index contributed by atoms with van der Waals surface area (Å²) >= 11 is 0. The minimum atomic E-state index is -3.95. The Morgan fingerprint density at radius 3 is 2.34 bits per heavy atom. The van der Waals surface area contributed by atoms with Gasteiger partial charge in [-0.25, -0.2) is 4.98 Å². The summed E-state index contributed by atoms with van der Waals surface area (Å²) in [6.45, 7) is 9.82. The quantitative estimate of drug-likeness (QED) is 0.352. The maximum Gasteiger partial charge on any atom is 0.280 e. The Labute approximate surface area is 205 Å². The van der Waals surface area contributed by atoms with Crippen molar-refractivity contribution in [2.75, 3.05) is 24.9 Å². The van der Waals surface area contributed by atoms with Crippen molar-refractivity contribution in [3.05, 3.63) is 16.7 Å². The third kappa shape index (κ3) is 6.29. The van der Waals surface area contributed by atoms with Gasteiger partial charge in [-0.3, -0.25) is 18.1 Å². The van der Waals surface area contributed by atoms with Gasteiger partial charge in [0, 0.05) is 5.92 Å². The van der Waals surface area contributed by atoms with Crippen LogP contribution in [0.3, 0.4) is 0 Å². The molecule has 4 atom stereocenters. The second-order valence-electron chi connectivity index (χ2n) is 10.4. The molecule has 0 unspecified atom stereocenters. The van der Waals surface area contributed by atoms with Gasteiger partial charge < -0.3 is 14.7 Å². The first-order valence-corrected chi connectivity index (χ1v) is 17.5. The van der Waals surface area contributed by atoms with Crippen LogP contribution in [0.1, 0.15) is 33.2 Å². The van der Waals surface area contributed by atoms with Gasteiger partial charge in [0.1, 0.15) is 6.10 Å². The number of aromatic nitrogens is 4. The van der Waals surface area contributed by atoms with Gasteiger partial charge in [-0.2, -0.15) is 21.8 Å². The van der Waals surface area contributed by atoms with E-state index in [1.54, 1.807) is 4.57 Å². The Kier molecular flexibility index (Phi) is 7.31. The van der Waals surface area contributed by atoms with Crippen molar-refractivity contribution in [1.29, 1.82) is 0 Å². The molecule has 0 amide bonds. The number of rotatable bonds is 8. The first kappa shape index (κ1) is 27.7. The Bertz CT molecular complexity index is 1360. The molecule has 3 N–H and O–H groups in total. The predicted octanol–water partition coefficient (Wildman–Crippen LogP) is 0.974. The summed E-state index contributed by atoms with van der Waals surface area (Å²) in [5.74, 6) is -0.777. The first-order chi connectivity index (χ1) is 15.8. The lowest BCUT2D eigenvalue weighted by Gasteiger charge is -2.41. The van der Waals surface area contributed by atoms with E-state index < -0.39 is 58.3 Å². The highest BCUT2D eigenvalue weighted by Crippen LogP contribution is 2.46. The van der Waals surface area contributed by atoms with Crippen LogP contribution in [0.5, 0.6) is 0 Å². The highest BCUT2D eigenvalue weighted by Gasteiger charge is 2.52. The third-order valence-electron chi connectivity index (χ3n) is 6.54. The average molecular weight is 552 g/mol. The molecule has 0 radical (unpaired) electrons. The summed E-state index contributed by atoms with van der Waals surface area (Å²) in [4.78, 5) is 23.1. The van der Waals surface area contributed by atoms with Crippen molar-refractivity contribution >= 4 is 45.7 Å². The fourth-order valence-electron chi connectivity index (χ4n) is 3.89. The molecule has 3 rings (SSSR count). The lowest BCUT2D eigenvalue weighted by atomic mass is 10.1. The minimum absolute atomic E-state index is 0.0571. The normalized spacial score (nSPS) is 24.3. The zero-order valence-electron chi connectivity index (χ0n) is 20.8. The number of nitrogens with one attached hydrogen (secondary N) is 1. The van der Waals surface area contributed by atoms with Crippen LogP contribution in [-0.2, 0) is 33.0 Å². The molecule has 0 bridgehead atoms. The van der Waals surface area contributed by atoms with Crippen molar-refractivity contribution in [2.45, 2.75) is 63.6 Å². The Morgan fingerprint density at radius 2 is 1.80 bits per heavy atom. The first-order valence-electron chi connectivity index (χ1n) is 10.9. The number of aromatic amines is 1. The largest absolute Gasteiger partial charge is 0.409 e. The van der Waals surface area contributed by atoms with E-state index in [4.69, 9.17) is 18.5 Å². The summed E-state index contributed by atoms with van der Waals surface area (Å²) < 4.78 is 66.6. The predicted molar refractivity (Wildman–Crippen MR) is 132 cm³/mol. The van der Waals surface area contributed by atoms with E-state index in [9.17, 15) is 21.6 Å². The van der Waals surface area contributed by atoms with E-state index in [2.05, 4.69) is 15.0 Å². The molecule has 13 nitrogen and oxygen atoms in total. The SMILES string of the molecule is CC(C)(C)[Si](C)(C)O[C@@H]1[C@H](OS(C)(=O)=O)[C@@H](COS(C)(=O)=O)C[C@H]1n1cnc2c(=O)[nH]c(N)nc21. The number of imidazole rings is 1. The Balaban J connectivity index is 2.16. The number of H-pyrrole nitrogens is 1. The van der Waals surface area contributed by atoms with Crippen LogP contribution in [0.4, 0.5) is 5.95 Å². The number of nitrogens with zero attached hydrogens (tertiary/aromatic N) is 3. The number of nitrogens with two attached hydrogens (primary N) is 1. The van der Waals surface area contributed by atoms with E-state index in [-0.39, 0.29) is 35.2 Å². The number of nitrogen functional groups attached to an aromatic ring is 1. The van der Waals surface area contributed by atoms with Gasteiger partial charge in [0.15, 0.2) is 19.5 Å². The summed E-state index contributed by atoms with van der Waals surface area (Å²) in [6.07, 6.45) is 1.58. The maximum atomic E-state index is 12.3. The topological polar surface area (TPSA) is 186 Å². The minimum Gasteiger partial charge on any atom is -0.409 e. The molecule has 1 aliphatic rings. The molecule has 2 heterocycles. The van der Waals surface area contributed by atoms with E-state index in [0.717, 1.165) is 12.5 Å². The van der Waals surface area contributed by atoms with E-state index in [1.165, 1.54) is 6.33 Å². The maximum absolute atomic E-state index is 12.3. The number of hydrogen-bond donors (Lipinski definition) is 2. The molecular formula is C19H33N5O8S2Si. The standard InChI is InChI=1S/C19H33N5O8S2Si/c1-19(2,3)35(6,7)32-15-12(24-10-21-13-16(24)22-18(20)23-17(13)25)8-11(9-30-33(4,26)27)14(15)31-34(5,28)29/h10-12,14-15H,8-9H2,1-7H3,(H3,20,22,23,25)/t11-,12-,14-,15+/m1/s1. The van der Waals surface area contributed by atoms with Crippen LogP contribution < -0.4 is 11.3 Å². The van der Waals surface area contributed by atoms with Crippen molar-refractivity contribution in [3.63, 3.8) is 0 Å². The van der Waals surface area contributed by atoms with Crippen LogP contribution >= 0.6 is 0 Å². The number of fused-ring (bicyclic) bond motifs is 1. The molecule has 1 saturated carbocycles. The molecule has 0 aromatic carbocycles. The summed E-state index contributed by atoms with van der Waals surface area (Å²) in [7, 11) is -10.3. The van der Waals surface area contributed by atoms with E-state index in [1.807, 2.05) is 33.9 Å². The van der Waals surface area contributed by atoms with Gasteiger partial charge in [-0.05, 0) is 24.6 Å². The molecule has 1 aliphatic carbocycles.